The highest BCUT2D eigenvalue weighted by atomic mass is 32.2. The summed E-state index contributed by atoms with van der Waals surface area (Å²) >= 11 is 0. The number of rotatable bonds is 9. The highest BCUT2D eigenvalue weighted by Gasteiger charge is 2.26. The average molecular weight is 326 g/mol. The van der Waals surface area contributed by atoms with Gasteiger partial charge in [0.2, 0.25) is 10.0 Å². The second-order valence-electron chi connectivity index (χ2n) is 4.42. The molecule has 0 aliphatic heterocycles. The van der Waals surface area contributed by atoms with Gasteiger partial charge in [0.1, 0.15) is 23.0 Å². The highest BCUT2D eigenvalue weighted by Crippen LogP contribution is 2.26. The summed E-state index contributed by atoms with van der Waals surface area (Å²) in [5.74, 6) is 0.815. The molecule has 1 aromatic rings. The Morgan fingerprint density at radius 1 is 1.29 bits per heavy atom. The molecule has 21 heavy (non-hydrogen) atoms. The van der Waals surface area contributed by atoms with Crippen molar-refractivity contribution in [2.75, 3.05) is 26.8 Å². The number of furan rings is 1. The molecule has 0 spiro atoms. The molecule has 6 nitrogen and oxygen atoms in total. The van der Waals surface area contributed by atoms with Crippen molar-refractivity contribution in [3.8, 4) is 0 Å². The van der Waals surface area contributed by atoms with E-state index in [0.717, 1.165) is 0 Å². The summed E-state index contributed by atoms with van der Waals surface area (Å²) in [5, 5.41) is 2.88. The van der Waals surface area contributed by atoms with Crippen molar-refractivity contribution in [1.82, 2.24) is 10.0 Å². The van der Waals surface area contributed by atoms with Crippen LogP contribution in [0.25, 0.3) is 0 Å². The van der Waals surface area contributed by atoms with E-state index in [0.29, 0.717) is 23.6 Å². The summed E-state index contributed by atoms with van der Waals surface area (Å²) in [6.07, 6.45) is -2.57. The smallest absolute Gasteiger partial charge is 0.261 e. The van der Waals surface area contributed by atoms with Gasteiger partial charge >= 0.3 is 0 Å². The van der Waals surface area contributed by atoms with Crippen molar-refractivity contribution >= 4 is 10.0 Å². The average Bonchev–Trinajstić information content (AvgIpc) is 2.64. The Kier molecular flexibility index (Phi) is 6.72. The molecule has 1 heterocycles. The van der Waals surface area contributed by atoms with Gasteiger partial charge in [-0.25, -0.2) is 21.9 Å². The Labute approximate surface area is 122 Å². The van der Waals surface area contributed by atoms with Crippen molar-refractivity contribution in [3.05, 3.63) is 17.1 Å². The molecule has 2 N–H and O–H groups in total. The van der Waals surface area contributed by atoms with E-state index in [4.69, 9.17) is 4.42 Å². The number of aryl methyl sites for hydroxylation is 2. The molecule has 0 aliphatic carbocycles. The monoisotopic (exact) mass is 326 g/mol. The first kappa shape index (κ1) is 18.0. The van der Waals surface area contributed by atoms with Crippen LogP contribution in [0.2, 0.25) is 0 Å². The summed E-state index contributed by atoms with van der Waals surface area (Å²) < 4.78 is 60.6. The van der Waals surface area contributed by atoms with E-state index in [1.54, 1.807) is 20.9 Å². The van der Waals surface area contributed by atoms with E-state index in [2.05, 4.69) is 14.8 Å². The molecule has 0 aromatic carbocycles. The number of sulfonamides is 1. The Hall–Kier alpha value is -1.03. The number of alkyl halides is 2. The second kappa shape index (κ2) is 7.83. The predicted molar refractivity (Wildman–Crippen MR) is 73.0 cm³/mol. The van der Waals surface area contributed by atoms with Crippen molar-refractivity contribution in [2.24, 2.45) is 0 Å². The maximum atomic E-state index is 12.3. The molecule has 0 radical (unpaired) electrons. The normalized spacial score (nSPS) is 12.3. The topological polar surface area (TPSA) is 80.6 Å². The molecule has 0 bridgehead atoms. The molecule has 0 saturated carbocycles. The minimum Gasteiger partial charge on any atom is -0.465 e. The summed E-state index contributed by atoms with van der Waals surface area (Å²) in [5.41, 5.74) is 0.552. The van der Waals surface area contributed by atoms with Gasteiger partial charge in [0.15, 0.2) is 0 Å². The SMILES string of the molecule is CNCc1c(C)oc(C)c1S(=O)(=O)NCCOCC(F)F. The molecular weight excluding hydrogens is 306 g/mol. The van der Waals surface area contributed by atoms with Crippen LogP contribution in [0.5, 0.6) is 0 Å². The van der Waals surface area contributed by atoms with Crippen LogP contribution in [0.4, 0.5) is 8.78 Å². The van der Waals surface area contributed by atoms with E-state index < -0.39 is 23.1 Å². The van der Waals surface area contributed by atoms with Crippen molar-refractivity contribution < 1.29 is 26.4 Å². The lowest BCUT2D eigenvalue weighted by molar-refractivity contribution is 0.0199. The van der Waals surface area contributed by atoms with Gasteiger partial charge in [0.25, 0.3) is 6.43 Å². The van der Waals surface area contributed by atoms with Gasteiger partial charge in [0, 0.05) is 18.7 Å². The molecular formula is C12H20F2N2O4S. The van der Waals surface area contributed by atoms with Gasteiger partial charge in [-0.15, -0.1) is 0 Å². The van der Waals surface area contributed by atoms with Crippen LogP contribution in [0.1, 0.15) is 17.1 Å². The van der Waals surface area contributed by atoms with Crippen LogP contribution in [-0.4, -0.2) is 41.6 Å². The van der Waals surface area contributed by atoms with Gasteiger partial charge in [-0.3, -0.25) is 0 Å². The second-order valence-corrected chi connectivity index (χ2v) is 6.12. The lowest BCUT2D eigenvalue weighted by Gasteiger charge is -2.09. The zero-order valence-electron chi connectivity index (χ0n) is 12.2. The Balaban J connectivity index is 2.74. The van der Waals surface area contributed by atoms with Crippen molar-refractivity contribution in [2.45, 2.75) is 31.7 Å². The minimum atomic E-state index is -3.77. The van der Waals surface area contributed by atoms with Crippen molar-refractivity contribution in [3.63, 3.8) is 0 Å². The Bertz CT molecular complexity index is 558. The summed E-state index contributed by atoms with van der Waals surface area (Å²) in [6.45, 7) is 2.68. The summed E-state index contributed by atoms with van der Waals surface area (Å²) in [4.78, 5) is 0.0863. The largest absolute Gasteiger partial charge is 0.465 e. The van der Waals surface area contributed by atoms with Crippen molar-refractivity contribution in [1.29, 1.82) is 0 Å². The number of hydrogen-bond acceptors (Lipinski definition) is 5. The predicted octanol–water partition coefficient (Wildman–Crippen LogP) is 1.18. The van der Waals surface area contributed by atoms with Crippen LogP contribution in [0.15, 0.2) is 9.31 Å². The number of halogens is 2. The molecule has 0 atom stereocenters. The van der Waals surface area contributed by atoms with E-state index in [1.807, 2.05) is 0 Å². The zero-order valence-corrected chi connectivity index (χ0v) is 13.0. The third-order valence-electron chi connectivity index (χ3n) is 2.73. The van der Waals surface area contributed by atoms with Gasteiger partial charge < -0.3 is 14.5 Å². The van der Waals surface area contributed by atoms with Gasteiger partial charge in [0.05, 0.1) is 6.61 Å². The maximum Gasteiger partial charge on any atom is 0.261 e. The molecule has 0 fully saturated rings. The van der Waals surface area contributed by atoms with Gasteiger partial charge in [-0.05, 0) is 20.9 Å². The van der Waals surface area contributed by atoms with Crippen LogP contribution >= 0.6 is 0 Å². The van der Waals surface area contributed by atoms with Crippen LogP contribution < -0.4 is 10.0 Å². The molecule has 0 amide bonds. The summed E-state index contributed by atoms with van der Waals surface area (Å²) in [7, 11) is -2.08. The molecule has 9 heteroatoms. The van der Waals surface area contributed by atoms with E-state index in [-0.39, 0.29) is 18.0 Å². The van der Waals surface area contributed by atoms with Gasteiger partial charge in [-0.2, -0.15) is 0 Å². The van der Waals surface area contributed by atoms with E-state index in [9.17, 15) is 17.2 Å². The lowest BCUT2D eigenvalue weighted by Crippen LogP contribution is -2.29. The van der Waals surface area contributed by atoms with E-state index in [1.165, 1.54) is 0 Å². The molecule has 1 aromatic heterocycles. The maximum absolute atomic E-state index is 12.3. The Morgan fingerprint density at radius 3 is 2.52 bits per heavy atom. The Morgan fingerprint density at radius 2 is 1.95 bits per heavy atom. The number of ether oxygens (including phenoxy) is 1. The molecule has 0 saturated heterocycles. The fraction of sp³-hybridized carbons (Fsp3) is 0.667. The quantitative estimate of drug-likeness (QED) is 0.666. The first-order valence-electron chi connectivity index (χ1n) is 6.38. The number of nitrogens with one attached hydrogen (secondary N) is 2. The van der Waals surface area contributed by atoms with Gasteiger partial charge in [-0.1, -0.05) is 0 Å². The third kappa shape index (κ3) is 5.03. The van der Waals surface area contributed by atoms with Crippen LogP contribution in [-0.2, 0) is 21.3 Å². The fourth-order valence-electron chi connectivity index (χ4n) is 1.94. The minimum absolute atomic E-state index is 0.0856. The molecule has 122 valence electrons. The first-order valence-corrected chi connectivity index (χ1v) is 7.87. The molecule has 0 unspecified atom stereocenters. The van der Waals surface area contributed by atoms with Crippen LogP contribution in [0.3, 0.4) is 0 Å². The summed E-state index contributed by atoms with van der Waals surface area (Å²) in [6, 6.07) is 0. The fourth-order valence-corrected chi connectivity index (χ4v) is 3.39. The van der Waals surface area contributed by atoms with Crippen LogP contribution in [0, 0.1) is 13.8 Å². The lowest BCUT2D eigenvalue weighted by atomic mass is 10.2. The first-order chi connectivity index (χ1) is 9.79. The third-order valence-corrected chi connectivity index (χ3v) is 4.39. The highest BCUT2D eigenvalue weighted by molar-refractivity contribution is 7.89. The standard InChI is InChI=1S/C12H20F2N2O4S/c1-8-10(6-15-3)12(9(2)20-8)21(17,18)16-4-5-19-7-11(13)14/h11,15-16H,4-7H2,1-3H3. The molecule has 1 rings (SSSR count). The zero-order chi connectivity index (χ0) is 16.0. The number of hydrogen-bond donors (Lipinski definition) is 2. The van der Waals surface area contributed by atoms with E-state index >= 15 is 0 Å². The molecule has 0 aliphatic rings.